The zero-order valence-corrected chi connectivity index (χ0v) is 22.6. The Morgan fingerprint density at radius 1 is 0.971 bits per heavy atom. The Hall–Kier alpha value is -1.50. The van der Waals surface area contributed by atoms with E-state index in [4.69, 9.17) is 9.79 Å². The smallest absolute Gasteiger partial charge is 0.348 e. The summed E-state index contributed by atoms with van der Waals surface area (Å²) >= 11 is 0. The van der Waals surface area contributed by atoms with E-state index in [1.807, 2.05) is 13.8 Å². The van der Waals surface area contributed by atoms with Gasteiger partial charge in [0.05, 0.1) is 0 Å². The van der Waals surface area contributed by atoms with E-state index in [9.17, 15) is 18.9 Å². The number of likely N-dealkylation sites (tertiary alicyclic amines) is 1. The van der Waals surface area contributed by atoms with Gasteiger partial charge in [0, 0.05) is 37.7 Å². The summed E-state index contributed by atoms with van der Waals surface area (Å²) in [6.45, 7) is 4.50. The molecule has 0 spiro atoms. The Balaban J connectivity index is 1.87. The molecule has 8 nitrogen and oxygen atoms in total. The largest absolute Gasteiger partial charge is 0.354 e. The van der Waals surface area contributed by atoms with Crippen molar-refractivity contribution >= 4 is 25.3 Å². The van der Waals surface area contributed by atoms with Crippen LogP contribution >= 0.6 is 7.60 Å². The lowest BCUT2D eigenvalue weighted by Gasteiger charge is -2.16. The molecular formula is C26H47N2O6P. The molecule has 0 bridgehead atoms. The minimum atomic E-state index is -3.99. The SMILES string of the molecule is CC(C)C1CC(=O)N(CCNC(=O)CCCCCCCCCCCCCC/C=C/P(=O)(O)O)C1=O. The van der Waals surface area contributed by atoms with Crippen LogP contribution in [0.15, 0.2) is 11.9 Å². The molecule has 0 aromatic carbocycles. The third kappa shape index (κ3) is 15.3. The number of carbonyl (C=O) groups is 3. The molecule has 1 fully saturated rings. The fourth-order valence-corrected chi connectivity index (χ4v) is 4.81. The van der Waals surface area contributed by atoms with Gasteiger partial charge in [-0.25, -0.2) is 0 Å². The van der Waals surface area contributed by atoms with Crippen LogP contribution in [0.3, 0.4) is 0 Å². The molecule has 3 amide bonds. The van der Waals surface area contributed by atoms with Crippen molar-refractivity contribution in [1.82, 2.24) is 10.2 Å². The van der Waals surface area contributed by atoms with E-state index in [-0.39, 0.29) is 42.5 Å². The predicted molar refractivity (Wildman–Crippen MR) is 138 cm³/mol. The highest BCUT2D eigenvalue weighted by molar-refractivity contribution is 7.55. The predicted octanol–water partition coefficient (Wildman–Crippen LogP) is 5.29. The Labute approximate surface area is 211 Å². The lowest BCUT2D eigenvalue weighted by molar-refractivity contribution is -0.140. The standard InChI is InChI=1S/C26H47N2O6P/c1-22(2)23-21-25(30)28(26(23)31)19-18-27-24(29)17-15-13-11-9-7-5-3-4-6-8-10-12-14-16-20-35(32,33)34/h16,20,22-23H,3-15,17-19,21H2,1-2H3,(H,27,29)(H2,32,33,34)/b20-16+. The number of nitrogens with one attached hydrogen (secondary N) is 1. The van der Waals surface area contributed by atoms with E-state index in [2.05, 4.69) is 5.32 Å². The maximum absolute atomic E-state index is 12.3. The van der Waals surface area contributed by atoms with Gasteiger partial charge in [0.2, 0.25) is 17.7 Å². The number of unbranched alkanes of at least 4 members (excludes halogenated alkanes) is 12. The Bertz CT molecular complexity index is 719. The molecule has 0 aromatic heterocycles. The highest BCUT2D eigenvalue weighted by atomic mass is 31.2. The van der Waals surface area contributed by atoms with Crippen molar-refractivity contribution in [1.29, 1.82) is 0 Å². The monoisotopic (exact) mass is 514 g/mol. The van der Waals surface area contributed by atoms with Gasteiger partial charge < -0.3 is 15.1 Å². The van der Waals surface area contributed by atoms with E-state index in [1.165, 1.54) is 49.8 Å². The van der Waals surface area contributed by atoms with Crippen LogP contribution in [0.2, 0.25) is 0 Å². The molecule has 1 heterocycles. The highest BCUT2D eigenvalue weighted by Gasteiger charge is 2.39. The summed E-state index contributed by atoms with van der Waals surface area (Å²) in [7, 11) is -3.99. The van der Waals surface area contributed by atoms with Gasteiger partial charge in [0.1, 0.15) is 0 Å². The molecule has 0 aliphatic carbocycles. The molecule has 3 N–H and O–H groups in total. The number of allylic oxidation sites excluding steroid dienone is 1. The van der Waals surface area contributed by atoms with Crippen molar-refractivity contribution in [3.05, 3.63) is 11.9 Å². The Morgan fingerprint density at radius 3 is 1.97 bits per heavy atom. The summed E-state index contributed by atoms with van der Waals surface area (Å²) in [5.41, 5.74) is 0. The van der Waals surface area contributed by atoms with E-state index in [0.29, 0.717) is 13.0 Å². The molecule has 35 heavy (non-hydrogen) atoms. The molecule has 1 rings (SSSR count). The highest BCUT2D eigenvalue weighted by Crippen LogP contribution is 2.36. The zero-order chi connectivity index (χ0) is 26.1. The van der Waals surface area contributed by atoms with Crippen LogP contribution < -0.4 is 5.32 Å². The van der Waals surface area contributed by atoms with Gasteiger partial charge in [0.15, 0.2) is 0 Å². The molecule has 1 atom stereocenters. The Kier molecular flexibility index (Phi) is 16.1. The first kappa shape index (κ1) is 31.5. The molecule has 0 radical (unpaired) electrons. The number of hydrogen-bond acceptors (Lipinski definition) is 4. The average Bonchev–Trinajstić information content (AvgIpc) is 3.06. The van der Waals surface area contributed by atoms with Gasteiger partial charge in [-0.2, -0.15) is 0 Å². The summed E-state index contributed by atoms with van der Waals surface area (Å²) in [6, 6.07) is 0. The fourth-order valence-electron chi connectivity index (χ4n) is 4.39. The minimum absolute atomic E-state index is 0.0117. The number of carbonyl (C=O) groups excluding carboxylic acids is 3. The fraction of sp³-hybridized carbons (Fsp3) is 0.808. The number of nitrogens with zero attached hydrogens (tertiary/aromatic N) is 1. The van der Waals surface area contributed by atoms with Crippen LogP contribution in [0.5, 0.6) is 0 Å². The second kappa shape index (κ2) is 17.9. The summed E-state index contributed by atoms with van der Waals surface area (Å²) in [4.78, 5) is 55.0. The summed E-state index contributed by atoms with van der Waals surface area (Å²) in [5, 5.41) is 2.83. The van der Waals surface area contributed by atoms with Gasteiger partial charge in [-0.05, 0) is 25.2 Å². The second-order valence-corrected chi connectivity index (χ2v) is 11.5. The summed E-state index contributed by atoms with van der Waals surface area (Å²) in [5.74, 6) is 0.681. The van der Waals surface area contributed by atoms with Crippen molar-refractivity contribution < 1.29 is 28.7 Å². The van der Waals surface area contributed by atoms with Gasteiger partial charge in [-0.15, -0.1) is 0 Å². The number of rotatable bonds is 20. The molecule has 1 unspecified atom stereocenters. The van der Waals surface area contributed by atoms with Crippen LogP contribution in [-0.4, -0.2) is 45.5 Å². The minimum Gasteiger partial charge on any atom is -0.354 e. The number of imide groups is 1. The third-order valence-electron chi connectivity index (χ3n) is 6.57. The van der Waals surface area contributed by atoms with E-state index < -0.39 is 7.60 Å². The van der Waals surface area contributed by atoms with Crippen molar-refractivity contribution in [2.75, 3.05) is 13.1 Å². The topological polar surface area (TPSA) is 124 Å². The first-order valence-corrected chi connectivity index (χ1v) is 15.1. The lowest BCUT2D eigenvalue weighted by atomic mass is 9.94. The van der Waals surface area contributed by atoms with Crippen molar-refractivity contribution in [3.63, 3.8) is 0 Å². The normalized spacial score (nSPS) is 16.7. The zero-order valence-electron chi connectivity index (χ0n) is 21.8. The molecular weight excluding hydrogens is 467 g/mol. The van der Waals surface area contributed by atoms with Crippen LogP contribution in [-0.2, 0) is 18.9 Å². The third-order valence-corrected chi connectivity index (χ3v) is 7.16. The molecule has 1 aliphatic rings. The van der Waals surface area contributed by atoms with Crippen LogP contribution in [0.4, 0.5) is 0 Å². The average molecular weight is 515 g/mol. The van der Waals surface area contributed by atoms with Crippen molar-refractivity contribution in [3.8, 4) is 0 Å². The van der Waals surface area contributed by atoms with Gasteiger partial charge in [-0.3, -0.25) is 23.8 Å². The Morgan fingerprint density at radius 2 is 1.49 bits per heavy atom. The molecule has 1 aliphatic heterocycles. The molecule has 202 valence electrons. The molecule has 0 aromatic rings. The maximum Gasteiger partial charge on any atom is 0.348 e. The number of amides is 3. The van der Waals surface area contributed by atoms with Crippen molar-refractivity contribution in [2.45, 2.75) is 110 Å². The van der Waals surface area contributed by atoms with Crippen LogP contribution in [0.1, 0.15) is 110 Å². The number of hydrogen-bond donors (Lipinski definition) is 3. The van der Waals surface area contributed by atoms with Gasteiger partial charge >= 0.3 is 7.60 Å². The van der Waals surface area contributed by atoms with Crippen LogP contribution in [0.25, 0.3) is 0 Å². The summed E-state index contributed by atoms with van der Waals surface area (Å²) < 4.78 is 10.7. The lowest BCUT2D eigenvalue weighted by Crippen LogP contribution is -2.38. The van der Waals surface area contributed by atoms with Crippen molar-refractivity contribution in [2.24, 2.45) is 11.8 Å². The van der Waals surface area contributed by atoms with Gasteiger partial charge in [0.25, 0.3) is 0 Å². The quantitative estimate of drug-likeness (QED) is 0.115. The van der Waals surface area contributed by atoms with E-state index in [1.54, 1.807) is 6.08 Å². The van der Waals surface area contributed by atoms with Crippen LogP contribution in [0, 0.1) is 11.8 Å². The molecule has 0 saturated carbocycles. The van der Waals surface area contributed by atoms with Gasteiger partial charge in [-0.1, -0.05) is 84.1 Å². The van der Waals surface area contributed by atoms with E-state index in [0.717, 1.165) is 44.3 Å². The maximum atomic E-state index is 12.3. The second-order valence-electron chi connectivity index (χ2n) is 10.0. The first-order chi connectivity index (χ1) is 16.6. The summed E-state index contributed by atoms with van der Waals surface area (Å²) in [6.07, 6.45) is 16.8. The first-order valence-electron chi connectivity index (χ1n) is 13.5. The van der Waals surface area contributed by atoms with E-state index >= 15 is 0 Å². The molecule has 1 saturated heterocycles. The molecule has 9 heteroatoms.